The summed E-state index contributed by atoms with van der Waals surface area (Å²) in [6, 6.07) is 14.6. The second-order valence-electron chi connectivity index (χ2n) is 6.31. The lowest BCUT2D eigenvalue weighted by Crippen LogP contribution is -2.14. The van der Waals surface area contributed by atoms with Gasteiger partial charge in [-0.25, -0.2) is 9.97 Å². The molecular weight excluding hydrogens is 402 g/mol. The molecule has 1 N–H and O–H groups in total. The summed E-state index contributed by atoms with van der Waals surface area (Å²) in [5.74, 6) is 2.61. The molecule has 8 heteroatoms. The summed E-state index contributed by atoms with van der Waals surface area (Å²) in [5.41, 5.74) is 2.35. The quantitative estimate of drug-likeness (QED) is 0.428. The molecule has 7 nitrogen and oxygen atoms in total. The third-order valence-corrected chi connectivity index (χ3v) is 5.11. The Morgan fingerprint density at radius 3 is 2.33 bits per heavy atom. The minimum atomic E-state index is -0.144. The molecule has 156 valence electrons. The fourth-order valence-corrected chi connectivity index (χ4v) is 3.49. The second-order valence-corrected chi connectivity index (χ2v) is 7.30. The van der Waals surface area contributed by atoms with Crippen LogP contribution in [0.4, 0.5) is 5.69 Å². The largest absolute Gasteiger partial charge is 0.497 e. The van der Waals surface area contributed by atoms with Crippen molar-refractivity contribution in [1.29, 1.82) is 0 Å². The maximum absolute atomic E-state index is 12.4. The van der Waals surface area contributed by atoms with Crippen LogP contribution in [0.3, 0.4) is 0 Å². The number of hydrogen-bond acceptors (Lipinski definition) is 7. The molecule has 30 heavy (non-hydrogen) atoms. The van der Waals surface area contributed by atoms with E-state index in [9.17, 15) is 4.79 Å². The topological polar surface area (TPSA) is 82.6 Å². The van der Waals surface area contributed by atoms with E-state index in [0.717, 1.165) is 22.0 Å². The van der Waals surface area contributed by atoms with Crippen molar-refractivity contribution in [1.82, 2.24) is 9.97 Å². The van der Waals surface area contributed by atoms with Crippen LogP contribution < -0.4 is 19.5 Å². The Hall–Kier alpha value is -3.26. The van der Waals surface area contributed by atoms with Gasteiger partial charge in [0.15, 0.2) is 17.3 Å². The molecule has 0 spiro atoms. The third-order valence-electron chi connectivity index (χ3n) is 4.20. The average molecular weight is 426 g/mol. The van der Waals surface area contributed by atoms with Gasteiger partial charge in [0.1, 0.15) is 10.8 Å². The molecule has 0 aliphatic carbocycles. The van der Waals surface area contributed by atoms with Crippen LogP contribution in [0.1, 0.15) is 5.69 Å². The highest BCUT2D eigenvalue weighted by Gasteiger charge is 2.10. The van der Waals surface area contributed by atoms with E-state index in [4.69, 9.17) is 14.2 Å². The van der Waals surface area contributed by atoms with Gasteiger partial charge in [-0.3, -0.25) is 4.79 Å². The Morgan fingerprint density at radius 1 is 0.933 bits per heavy atom. The van der Waals surface area contributed by atoms with Crippen LogP contribution in [0.25, 0.3) is 11.4 Å². The molecule has 0 saturated heterocycles. The zero-order valence-electron chi connectivity index (χ0n) is 17.3. The summed E-state index contributed by atoms with van der Waals surface area (Å²) >= 11 is 1.35. The molecule has 0 fully saturated rings. The minimum absolute atomic E-state index is 0.144. The maximum Gasteiger partial charge on any atom is 0.234 e. The van der Waals surface area contributed by atoms with Crippen molar-refractivity contribution in [3.63, 3.8) is 0 Å². The molecule has 3 rings (SSSR count). The SMILES string of the molecule is COc1ccc(-c2nc(C)cc(SCC(=O)Nc3ccc(OC)c(OC)c3)n2)cc1. The summed E-state index contributed by atoms with van der Waals surface area (Å²) in [6.45, 7) is 1.91. The van der Waals surface area contributed by atoms with E-state index in [-0.39, 0.29) is 11.7 Å². The van der Waals surface area contributed by atoms with Crippen LogP contribution in [0.15, 0.2) is 53.6 Å². The maximum atomic E-state index is 12.4. The highest BCUT2D eigenvalue weighted by molar-refractivity contribution is 7.99. The Bertz CT molecular complexity index is 1030. The van der Waals surface area contributed by atoms with E-state index in [1.54, 1.807) is 39.5 Å². The lowest BCUT2D eigenvalue weighted by atomic mass is 10.2. The van der Waals surface area contributed by atoms with Gasteiger partial charge in [-0.2, -0.15) is 0 Å². The van der Waals surface area contributed by atoms with Gasteiger partial charge in [-0.1, -0.05) is 11.8 Å². The van der Waals surface area contributed by atoms with Gasteiger partial charge < -0.3 is 19.5 Å². The Balaban J connectivity index is 1.66. The van der Waals surface area contributed by atoms with Crippen molar-refractivity contribution < 1.29 is 19.0 Å². The first kappa shape index (κ1) is 21.4. The van der Waals surface area contributed by atoms with Crippen molar-refractivity contribution in [2.45, 2.75) is 11.9 Å². The summed E-state index contributed by atoms with van der Waals surface area (Å²) in [5, 5.41) is 3.59. The molecule has 0 radical (unpaired) electrons. The summed E-state index contributed by atoms with van der Waals surface area (Å²) < 4.78 is 15.7. The molecule has 3 aromatic rings. The van der Waals surface area contributed by atoms with Gasteiger partial charge in [0.2, 0.25) is 5.91 Å². The van der Waals surface area contributed by atoms with E-state index >= 15 is 0 Å². The number of methoxy groups -OCH3 is 3. The lowest BCUT2D eigenvalue weighted by molar-refractivity contribution is -0.113. The fraction of sp³-hybridized carbons (Fsp3) is 0.227. The predicted molar refractivity (Wildman–Crippen MR) is 118 cm³/mol. The van der Waals surface area contributed by atoms with Crippen molar-refractivity contribution in [2.75, 3.05) is 32.4 Å². The second kappa shape index (κ2) is 9.98. The number of ether oxygens (including phenoxy) is 3. The van der Waals surface area contributed by atoms with Gasteiger partial charge in [-0.15, -0.1) is 0 Å². The van der Waals surface area contributed by atoms with Crippen molar-refractivity contribution in [2.24, 2.45) is 0 Å². The molecule has 2 aromatic carbocycles. The Labute approximate surface area is 179 Å². The number of amides is 1. The first-order valence-corrected chi connectivity index (χ1v) is 10.2. The van der Waals surface area contributed by atoms with E-state index in [1.807, 2.05) is 37.3 Å². The molecule has 0 saturated carbocycles. The van der Waals surface area contributed by atoms with Crippen molar-refractivity contribution >= 4 is 23.4 Å². The number of carbonyl (C=O) groups is 1. The van der Waals surface area contributed by atoms with Crippen molar-refractivity contribution in [3.05, 3.63) is 54.2 Å². The molecule has 1 amide bonds. The number of carbonyl (C=O) groups excluding carboxylic acids is 1. The average Bonchev–Trinajstić information content (AvgIpc) is 2.77. The summed E-state index contributed by atoms with van der Waals surface area (Å²) in [7, 11) is 4.74. The van der Waals surface area contributed by atoms with E-state index in [1.165, 1.54) is 11.8 Å². The zero-order valence-corrected chi connectivity index (χ0v) is 18.1. The first-order valence-electron chi connectivity index (χ1n) is 9.17. The number of benzene rings is 2. The monoisotopic (exact) mass is 425 g/mol. The Kier molecular flexibility index (Phi) is 7.13. The lowest BCUT2D eigenvalue weighted by Gasteiger charge is -2.11. The van der Waals surface area contributed by atoms with Gasteiger partial charge in [0, 0.05) is 23.0 Å². The molecule has 0 unspecified atom stereocenters. The number of anilines is 1. The molecular formula is C22H23N3O4S. The Morgan fingerprint density at radius 2 is 1.67 bits per heavy atom. The molecule has 0 bridgehead atoms. The minimum Gasteiger partial charge on any atom is -0.497 e. The number of nitrogens with one attached hydrogen (secondary N) is 1. The zero-order chi connectivity index (χ0) is 21.5. The van der Waals surface area contributed by atoms with Crippen LogP contribution in [0, 0.1) is 6.92 Å². The fourth-order valence-electron chi connectivity index (χ4n) is 2.73. The highest BCUT2D eigenvalue weighted by atomic mass is 32.2. The number of aryl methyl sites for hydroxylation is 1. The van der Waals surface area contributed by atoms with Gasteiger partial charge in [-0.05, 0) is 49.4 Å². The van der Waals surface area contributed by atoms with Gasteiger partial charge in [0.05, 0.1) is 27.1 Å². The molecule has 0 aliphatic heterocycles. The van der Waals surface area contributed by atoms with Crippen LogP contribution in [-0.4, -0.2) is 43.0 Å². The number of nitrogens with zero attached hydrogens (tertiary/aromatic N) is 2. The smallest absolute Gasteiger partial charge is 0.234 e. The number of rotatable bonds is 8. The predicted octanol–water partition coefficient (Wildman–Crippen LogP) is 4.21. The van der Waals surface area contributed by atoms with Crippen LogP contribution in [0.2, 0.25) is 0 Å². The standard InChI is InChI=1S/C22H23N3O4S/c1-14-11-21(25-22(23-14)15-5-8-17(27-2)9-6-15)30-13-20(26)24-16-7-10-18(28-3)19(12-16)29-4/h5-12H,13H2,1-4H3,(H,24,26). The van der Waals surface area contributed by atoms with Crippen LogP contribution in [0.5, 0.6) is 17.2 Å². The van der Waals surface area contributed by atoms with E-state index in [2.05, 4.69) is 15.3 Å². The summed E-state index contributed by atoms with van der Waals surface area (Å²) in [6.07, 6.45) is 0. The van der Waals surface area contributed by atoms with Gasteiger partial charge in [0.25, 0.3) is 0 Å². The molecule has 1 heterocycles. The molecule has 1 aromatic heterocycles. The van der Waals surface area contributed by atoms with Gasteiger partial charge >= 0.3 is 0 Å². The number of thioether (sulfide) groups is 1. The summed E-state index contributed by atoms with van der Waals surface area (Å²) in [4.78, 5) is 21.5. The van der Waals surface area contributed by atoms with Crippen LogP contribution in [-0.2, 0) is 4.79 Å². The highest BCUT2D eigenvalue weighted by Crippen LogP contribution is 2.30. The first-order chi connectivity index (χ1) is 14.5. The number of hydrogen-bond donors (Lipinski definition) is 1. The molecule has 0 atom stereocenters. The third kappa shape index (κ3) is 5.42. The number of aromatic nitrogens is 2. The van der Waals surface area contributed by atoms with Crippen LogP contribution >= 0.6 is 11.8 Å². The van der Waals surface area contributed by atoms with Crippen molar-refractivity contribution in [3.8, 4) is 28.6 Å². The normalized spacial score (nSPS) is 10.4. The van der Waals surface area contributed by atoms with E-state index < -0.39 is 0 Å². The van der Waals surface area contributed by atoms with E-state index in [0.29, 0.717) is 23.0 Å². The molecule has 0 aliphatic rings.